The van der Waals surface area contributed by atoms with Crippen LogP contribution < -0.4 is 15.6 Å². The van der Waals surface area contributed by atoms with Crippen LogP contribution in [-0.2, 0) is 4.79 Å². The Hall–Kier alpha value is -2.34. The van der Waals surface area contributed by atoms with E-state index in [9.17, 15) is 9.59 Å². The SMILES string of the molecule is Cc1ccc(C)c(OC(C)C(=O)NNC(=O)c2ccc(C)c(Br)c2)c1. The molecule has 6 heteroatoms. The van der Waals surface area contributed by atoms with Gasteiger partial charge in [-0.15, -0.1) is 0 Å². The summed E-state index contributed by atoms with van der Waals surface area (Å²) in [5.41, 5.74) is 8.25. The summed E-state index contributed by atoms with van der Waals surface area (Å²) in [7, 11) is 0. The minimum atomic E-state index is -0.745. The van der Waals surface area contributed by atoms with Gasteiger partial charge in [0.05, 0.1) is 0 Å². The van der Waals surface area contributed by atoms with Crippen LogP contribution >= 0.6 is 15.9 Å². The molecule has 2 rings (SSSR count). The highest BCUT2D eigenvalue weighted by atomic mass is 79.9. The molecule has 0 heterocycles. The minimum Gasteiger partial charge on any atom is -0.481 e. The maximum Gasteiger partial charge on any atom is 0.279 e. The number of carbonyl (C=O) groups excluding carboxylic acids is 2. The molecular formula is C19H21BrN2O3. The molecule has 2 N–H and O–H groups in total. The average Bonchev–Trinajstić information content (AvgIpc) is 2.58. The number of hydrogen-bond acceptors (Lipinski definition) is 3. The van der Waals surface area contributed by atoms with E-state index in [1.807, 2.05) is 45.0 Å². The minimum absolute atomic E-state index is 0.395. The molecule has 0 fully saturated rings. The Kier molecular flexibility index (Phi) is 6.20. The molecule has 0 bridgehead atoms. The molecule has 1 atom stereocenters. The third kappa shape index (κ3) is 5.06. The maximum atomic E-state index is 12.1. The summed E-state index contributed by atoms with van der Waals surface area (Å²) in [6.45, 7) is 7.43. The van der Waals surface area contributed by atoms with Crippen molar-refractivity contribution in [1.29, 1.82) is 0 Å². The van der Waals surface area contributed by atoms with E-state index in [0.29, 0.717) is 11.3 Å². The fraction of sp³-hybridized carbons (Fsp3) is 0.263. The lowest BCUT2D eigenvalue weighted by Crippen LogP contribution is -2.47. The second-order valence-corrected chi connectivity index (χ2v) is 6.79. The first-order valence-electron chi connectivity index (χ1n) is 7.88. The molecule has 2 aromatic rings. The van der Waals surface area contributed by atoms with Crippen molar-refractivity contribution in [3.8, 4) is 5.75 Å². The lowest BCUT2D eigenvalue weighted by molar-refractivity contribution is -0.128. The first-order valence-corrected chi connectivity index (χ1v) is 8.67. The van der Waals surface area contributed by atoms with Crippen LogP contribution in [0.2, 0.25) is 0 Å². The number of halogens is 1. The first kappa shape index (κ1) is 19.0. The summed E-state index contributed by atoms with van der Waals surface area (Å²) in [5, 5.41) is 0. The fourth-order valence-corrected chi connectivity index (χ4v) is 2.48. The normalized spacial score (nSPS) is 11.6. The molecule has 132 valence electrons. The molecule has 1 unspecified atom stereocenters. The third-order valence-electron chi connectivity index (χ3n) is 3.75. The topological polar surface area (TPSA) is 67.4 Å². The van der Waals surface area contributed by atoms with Crippen LogP contribution in [0.1, 0.15) is 34.0 Å². The predicted molar refractivity (Wildman–Crippen MR) is 100 cm³/mol. The maximum absolute atomic E-state index is 12.1. The van der Waals surface area contributed by atoms with Crippen LogP contribution in [0.15, 0.2) is 40.9 Å². The molecule has 5 nitrogen and oxygen atoms in total. The second kappa shape index (κ2) is 8.16. The highest BCUT2D eigenvalue weighted by Gasteiger charge is 2.17. The van der Waals surface area contributed by atoms with E-state index in [4.69, 9.17) is 4.74 Å². The van der Waals surface area contributed by atoms with Crippen molar-refractivity contribution in [2.45, 2.75) is 33.8 Å². The lowest BCUT2D eigenvalue weighted by atomic mass is 10.1. The number of benzene rings is 2. The van der Waals surface area contributed by atoms with Gasteiger partial charge >= 0.3 is 0 Å². The number of amides is 2. The van der Waals surface area contributed by atoms with Crippen molar-refractivity contribution in [2.75, 3.05) is 0 Å². The van der Waals surface area contributed by atoms with E-state index in [1.165, 1.54) is 0 Å². The molecule has 0 aromatic heterocycles. The average molecular weight is 405 g/mol. The second-order valence-electron chi connectivity index (χ2n) is 5.94. The predicted octanol–water partition coefficient (Wildman–Crippen LogP) is 3.60. The molecule has 0 aliphatic carbocycles. The van der Waals surface area contributed by atoms with Crippen molar-refractivity contribution < 1.29 is 14.3 Å². The van der Waals surface area contributed by atoms with Gasteiger partial charge in [0.25, 0.3) is 11.8 Å². The van der Waals surface area contributed by atoms with Gasteiger partial charge in [-0.2, -0.15) is 0 Å². The Bertz CT molecular complexity index is 805. The molecule has 0 radical (unpaired) electrons. The highest BCUT2D eigenvalue weighted by Crippen LogP contribution is 2.20. The molecular weight excluding hydrogens is 384 g/mol. The Balaban J connectivity index is 1.93. The molecule has 0 saturated carbocycles. The van der Waals surface area contributed by atoms with Gasteiger partial charge in [0, 0.05) is 10.0 Å². The molecule has 2 aromatic carbocycles. The fourth-order valence-electron chi connectivity index (χ4n) is 2.10. The number of rotatable bonds is 4. The number of carbonyl (C=O) groups is 2. The number of hydrogen-bond donors (Lipinski definition) is 2. The van der Waals surface area contributed by atoms with Gasteiger partial charge in [-0.05, 0) is 62.6 Å². The Labute approximate surface area is 155 Å². The van der Waals surface area contributed by atoms with Crippen LogP contribution in [0, 0.1) is 20.8 Å². The van der Waals surface area contributed by atoms with E-state index in [1.54, 1.807) is 19.1 Å². The van der Waals surface area contributed by atoms with Crippen molar-refractivity contribution in [2.24, 2.45) is 0 Å². The van der Waals surface area contributed by atoms with Crippen molar-refractivity contribution >= 4 is 27.7 Å². The van der Waals surface area contributed by atoms with Crippen LogP contribution in [0.25, 0.3) is 0 Å². The number of nitrogens with one attached hydrogen (secondary N) is 2. The van der Waals surface area contributed by atoms with E-state index in [2.05, 4.69) is 26.8 Å². The van der Waals surface area contributed by atoms with Crippen molar-refractivity contribution in [1.82, 2.24) is 10.9 Å². The van der Waals surface area contributed by atoms with Gasteiger partial charge < -0.3 is 4.74 Å². The molecule has 0 aliphatic rings. The summed E-state index contributed by atoms with van der Waals surface area (Å²) >= 11 is 3.38. The Morgan fingerprint density at radius 2 is 1.68 bits per heavy atom. The third-order valence-corrected chi connectivity index (χ3v) is 4.60. The lowest BCUT2D eigenvalue weighted by Gasteiger charge is -2.17. The van der Waals surface area contributed by atoms with Crippen molar-refractivity contribution in [3.05, 3.63) is 63.1 Å². The molecule has 0 saturated heterocycles. The van der Waals surface area contributed by atoms with Crippen LogP contribution in [0.5, 0.6) is 5.75 Å². The van der Waals surface area contributed by atoms with Gasteiger partial charge in [0.15, 0.2) is 6.10 Å². The summed E-state index contributed by atoms with van der Waals surface area (Å²) < 4.78 is 6.52. The summed E-state index contributed by atoms with van der Waals surface area (Å²) in [6, 6.07) is 11.0. The van der Waals surface area contributed by atoms with Crippen LogP contribution in [0.3, 0.4) is 0 Å². The number of ether oxygens (including phenoxy) is 1. The van der Waals surface area contributed by atoms with Gasteiger partial charge in [0.2, 0.25) is 0 Å². The zero-order chi connectivity index (χ0) is 18.6. The Morgan fingerprint density at radius 1 is 1.00 bits per heavy atom. The van der Waals surface area contributed by atoms with E-state index >= 15 is 0 Å². The molecule has 0 spiro atoms. The highest BCUT2D eigenvalue weighted by molar-refractivity contribution is 9.10. The first-order chi connectivity index (χ1) is 11.8. The summed E-state index contributed by atoms with van der Waals surface area (Å²) in [6.07, 6.45) is -0.745. The zero-order valence-electron chi connectivity index (χ0n) is 14.6. The quantitative estimate of drug-likeness (QED) is 0.764. The number of hydrazine groups is 1. The van der Waals surface area contributed by atoms with Gasteiger partial charge in [0.1, 0.15) is 5.75 Å². The standard InChI is InChI=1S/C19H21BrN2O3/c1-11-5-6-13(3)17(9-11)25-14(4)18(23)21-22-19(24)15-8-7-12(2)16(20)10-15/h5-10,14H,1-4H3,(H,21,23)(H,22,24). The summed E-state index contributed by atoms with van der Waals surface area (Å²) in [4.78, 5) is 24.2. The van der Waals surface area contributed by atoms with Crippen LogP contribution in [-0.4, -0.2) is 17.9 Å². The molecule has 2 amide bonds. The van der Waals surface area contributed by atoms with Gasteiger partial charge in [-0.25, -0.2) is 0 Å². The van der Waals surface area contributed by atoms with E-state index in [-0.39, 0.29) is 0 Å². The van der Waals surface area contributed by atoms with Gasteiger partial charge in [-0.3, -0.25) is 20.4 Å². The van der Waals surface area contributed by atoms with Crippen LogP contribution in [0.4, 0.5) is 0 Å². The molecule has 0 aliphatic heterocycles. The van der Waals surface area contributed by atoms with E-state index in [0.717, 1.165) is 21.2 Å². The van der Waals surface area contributed by atoms with Crippen molar-refractivity contribution in [3.63, 3.8) is 0 Å². The largest absolute Gasteiger partial charge is 0.481 e. The van der Waals surface area contributed by atoms with E-state index < -0.39 is 17.9 Å². The summed E-state index contributed by atoms with van der Waals surface area (Å²) in [5.74, 6) is -0.176. The monoisotopic (exact) mass is 404 g/mol. The smallest absolute Gasteiger partial charge is 0.279 e. The van der Waals surface area contributed by atoms with Gasteiger partial charge in [-0.1, -0.05) is 34.1 Å². The number of aryl methyl sites for hydroxylation is 3. The Morgan fingerprint density at radius 3 is 2.36 bits per heavy atom. The zero-order valence-corrected chi connectivity index (χ0v) is 16.2. The molecule has 25 heavy (non-hydrogen) atoms.